The Hall–Kier alpha value is -2.89. The fourth-order valence-corrected chi connectivity index (χ4v) is 3.01. The molecule has 2 aliphatic heterocycles. The number of halogens is 1. The van der Waals surface area contributed by atoms with Crippen molar-refractivity contribution >= 4 is 11.6 Å². The molecule has 1 aromatic rings. The number of amides is 1. The van der Waals surface area contributed by atoms with Crippen molar-refractivity contribution in [2.24, 2.45) is 4.99 Å². The number of allylic oxidation sites excluding steroid dienone is 2. The van der Waals surface area contributed by atoms with Crippen LogP contribution in [0.5, 0.6) is 5.75 Å². The topological polar surface area (TPSA) is 53.9 Å². The largest absolute Gasteiger partial charge is 0.494 e. The number of hydrogen-bond acceptors (Lipinski definition) is 4. The zero-order chi connectivity index (χ0) is 16.0. The van der Waals surface area contributed by atoms with E-state index in [9.17, 15) is 9.18 Å². The number of carbonyl (C=O) groups is 1. The molecule has 0 radical (unpaired) electrons. The highest BCUT2D eigenvalue weighted by Gasteiger charge is 2.42. The van der Waals surface area contributed by atoms with E-state index in [0.29, 0.717) is 11.4 Å². The number of methoxy groups -OCH3 is 1. The van der Waals surface area contributed by atoms with E-state index in [1.54, 1.807) is 17.2 Å². The summed E-state index contributed by atoms with van der Waals surface area (Å²) in [7, 11) is 1.41. The third-order valence-corrected chi connectivity index (χ3v) is 4.13. The van der Waals surface area contributed by atoms with Gasteiger partial charge in [0.1, 0.15) is 11.9 Å². The summed E-state index contributed by atoms with van der Waals surface area (Å²) in [5.41, 5.74) is 1.37. The maximum absolute atomic E-state index is 13.9. The van der Waals surface area contributed by atoms with E-state index in [2.05, 4.69) is 10.3 Å². The molecule has 5 nitrogen and oxygen atoms in total. The van der Waals surface area contributed by atoms with Gasteiger partial charge in [0.2, 0.25) is 0 Å². The fourth-order valence-electron chi connectivity index (χ4n) is 3.01. The number of fused-ring (bicyclic) bond motifs is 3. The number of aliphatic imine (C=N–C) groups is 1. The van der Waals surface area contributed by atoms with Crippen LogP contribution in [0, 0.1) is 5.82 Å². The standard InChI is InChI=1S/C17H14FN3O2/c1-23-14-7-6-10(8-11(14)18)16-17(22)21-13-5-3-2-4-12(13)19-9-15(21)20-16/h2-9,13,16,20H,1H3. The van der Waals surface area contributed by atoms with Crippen molar-refractivity contribution in [3.8, 4) is 5.75 Å². The molecule has 4 rings (SSSR count). The van der Waals surface area contributed by atoms with Gasteiger partial charge in [-0.25, -0.2) is 4.39 Å². The summed E-state index contributed by atoms with van der Waals surface area (Å²) in [6.45, 7) is 0. The Morgan fingerprint density at radius 2 is 2.22 bits per heavy atom. The molecule has 0 spiro atoms. The maximum atomic E-state index is 13.9. The van der Waals surface area contributed by atoms with Crippen molar-refractivity contribution in [1.29, 1.82) is 0 Å². The van der Waals surface area contributed by atoms with E-state index in [1.807, 2.05) is 24.3 Å². The van der Waals surface area contributed by atoms with Crippen molar-refractivity contribution in [3.63, 3.8) is 0 Å². The lowest BCUT2D eigenvalue weighted by molar-refractivity contribution is -0.128. The highest BCUT2D eigenvalue weighted by molar-refractivity contribution is 6.06. The maximum Gasteiger partial charge on any atom is 0.256 e. The highest BCUT2D eigenvalue weighted by Crippen LogP contribution is 2.33. The van der Waals surface area contributed by atoms with Crippen molar-refractivity contribution in [3.05, 3.63) is 65.9 Å². The Bertz CT molecular complexity index is 810. The minimum absolute atomic E-state index is 0.127. The van der Waals surface area contributed by atoms with Crippen molar-refractivity contribution in [1.82, 2.24) is 10.2 Å². The molecule has 1 aliphatic carbocycles. The summed E-state index contributed by atoms with van der Waals surface area (Å²) >= 11 is 0. The minimum atomic E-state index is -0.629. The second-order valence-corrected chi connectivity index (χ2v) is 5.44. The van der Waals surface area contributed by atoms with E-state index in [-0.39, 0.29) is 17.7 Å². The third kappa shape index (κ3) is 2.06. The molecule has 2 heterocycles. The smallest absolute Gasteiger partial charge is 0.256 e. The molecule has 23 heavy (non-hydrogen) atoms. The van der Waals surface area contributed by atoms with Crippen LogP contribution >= 0.6 is 0 Å². The molecule has 1 aromatic carbocycles. The van der Waals surface area contributed by atoms with Crippen LogP contribution in [0.4, 0.5) is 4.39 Å². The first kappa shape index (κ1) is 13.8. The van der Waals surface area contributed by atoms with Gasteiger partial charge in [0, 0.05) is 0 Å². The van der Waals surface area contributed by atoms with E-state index in [4.69, 9.17) is 4.74 Å². The molecule has 6 heteroatoms. The molecule has 2 atom stereocenters. The molecule has 1 N–H and O–H groups in total. The van der Waals surface area contributed by atoms with Gasteiger partial charge in [-0.2, -0.15) is 0 Å². The van der Waals surface area contributed by atoms with Crippen LogP contribution in [-0.4, -0.2) is 29.7 Å². The molecule has 0 bridgehead atoms. The molecule has 3 aliphatic rings. The predicted octanol–water partition coefficient (Wildman–Crippen LogP) is 2.06. The number of nitrogens with one attached hydrogen (secondary N) is 1. The van der Waals surface area contributed by atoms with Gasteiger partial charge in [-0.05, 0) is 23.8 Å². The van der Waals surface area contributed by atoms with Gasteiger partial charge in [0.05, 0.1) is 25.1 Å². The minimum Gasteiger partial charge on any atom is -0.494 e. The summed E-state index contributed by atoms with van der Waals surface area (Å²) < 4.78 is 18.9. The first-order chi connectivity index (χ1) is 11.2. The lowest BCUT2D eigenvalue weighted by Gasteiger charge is -2.29. The first-order valence-electron chi connectivity index (χ1n) is 7.25. The second kappa shape index (κ2) is 5.08. The molecule has 1 amide bonds. The van der Waals surface area contributed by atoms with E-state index >= 15 is 0 Å². The molecule has 116 valence electrons. The predicted molar refractivity (Wildman–Crippen MR) is 83.3 cm³/mol. The monoisotopic (exact) mass is 311 g/mol. The molecule has 0 aromatic heterocycles. The Morgan fingerprint density at radius 1 is 1.35 bits per heavy atom. The summed E-state index contributed by atoms with van der Waals surface area (Å²) in [6.07, 6.45) is 9.21. The first-order valence-corrected chi connectivity index (χ1v) is 7.25. The highest BCUT2D eigenvalue weighted by atomic mass is 19.1. The van der Waals surface area contributed by atoms with Crippen molar-refractivity contribution in [2.45, 2.75) is 12.1 Å². The van der Waals surface area contributed by atoms with Crippen LogP contribution in [0.2, 0.25) is 0 Å². The average Bonchev–Trinajstić information content (AvgIpc) is 2.92. The molecular formula is C17H14FN3O2. The van der Waals surface area contributed by atoms with Crippen LogP contribution in [0.15, 0.2) is 59.5 Å². The SMILES string of the molecule is COc1ccc(C2NC3=CN=C4C=CC=CC4N3C2=O)cc1F. The lowest BCUT2D eigenvalue weighted by Crippen LogP contribution is -2.42. The second-order valence-electron chi connectivity index (χ2n) is 5.44. The van der Waals surface area contributed by atoms with Gasteiger partial charge >= 0.3 is 0 Å². The summed E-state index contributed by atoms with van der Waals surface area (Å²) in [5.74, 6) is 0.168. The Labute approximate surface area is 132 Å². The number of rotatable bonds is 2. The summed E-state index contributed by atoms with van der Waals surface area (Å²) in [5, 5.41) is 3.12. The van der Waals surface area contributed by atoms with E-state index in [1.165, 1.54) is 19.2 Å². The van der Waals surface area contributed by atoms with Gasteiger partial charge in [0.25, 0.3) is 5.91 Å². The number of carbonyl (C=O) groups excluding carboxylic acids is 1. The number of ether oxygens (including phenoxy) is 1. The molecule has 1 saturated heterocycles. The van der Waals surface area contributed by atoms with Crippen LogP contribution in [0.3, 0.4) is 0 Å². The number of nitrogens with zero attached hydrogens (tertiary/aromatic N) is 2. The Morgan fingerprint density at radius 3 is 3.00 bits per heavy atom. The van der Waals surface area contributed by atoms with Gasteiger partial charge in [-0.1, -0.05) is 24.3 Å². The van der Waals surface area contributed by atoms with E-state index in [0.717, 1.165) is 5.71 Å². The molecule has 2 unspecified atom stereocenters. The van der Waals surface area contributed by atoms with Gasteiger partial charge in [-0.3, -0.25) is 14.7 Å². The quantitative estimate of drug-likeness (QED) is 0.909. The summed E-state index contributed by atoms with van der Waals surface area (Å²) in [6, 6.07) is 3.69. The van der Waals surface area contributed by atoms with Crippen LogP contribution < -0.4 is 10.1 Å². The van der Waals surface area contributed by atoms with Gasteiger partial charge < -0.3 is 10.1 Å². The molecule has 0 saturated carbocycles. The van der Waals surface area contributed by atoms with E-state index < -0.39 is 11.9 Å². The van der Waals surface area contributed by atoms with Crippen molar-refractivity contribution in [2.75, 3.05) is 7.11 Å². The zero-order valence-corrected chi connectivity index (χ0v) is 12.4. The van der Waals surface area contributed by atoms with Gasteiger partial charge in [0.15, 0.2) is 11.6 Å². The van der Waals surface area contributed by atoms with Crippen LogP contribution in [0.1, 0.15) is 11.6 Å². The zero-order valence-electron chi connectivity index (χ0n) is 12.4. The average molecular weight is 311 g/mol. The molecule has 1 fully saturated rings. The number of hydrogen-bond donors (Lipinski definition) is 1. The van der Waals surface area contributed by atoms with Crippen LogP contribution in [0.25, 0.3) is 0 Å². The fraction of sp³-hybridized carbons (Fsp3) is 0.176. The molecular weight excluding hydrogens is 297 g/mol. The Balaban J connectivity index is 1.68. The van der Waals surface area contributed by atoms with Crippen molar-refractivity contribution < 1.29 is 13.9 Å². The normalized spacial score (nSPS) is 24.6. The third-order valence-electron chi connectivity index (χ3n) is 4.13. The summed E-state index contributed by atoms with van der Waals surface area (Å²) in [4.78, 5) is 18.8. The Kier molecular flexibility index (Phi) is 3.04. The lowest BCUT2D eigenvalue weighted by atomic mass is 10.0. The number of benzene rings is 1. The van der Waals surface area contributed by atoms with Crippen LogP contribution in [-0.2, 0) is 4.79 Å². The van der Waals surface area contributed by atoms with Gasteiger partial charge in [-0.15, -0.1) is 0 Å².